The van der Waals surface area contributed by atoms with Crippen molar-refractivity contribution in [1.82, 2.24) is 13.9 Å². The van der Waals surface area contributed by atoms with Gasteiger partial charge < -0.3 is 14.2 Å². The summed E-state index contributed by atoms with van der Waals surface area (Å²) in [4.78, 5) is 18.2. The number of benzene rings is 3. The van der Waals surface area contributed by atoms with E-state index in [4.69, 9.17) is 19.2 Å². The molecule has 3 aromatic carbocycles. The van der Waals surface area contributed by atoms with Crippen molar-refractivity contribution in [1.29, 1.82) is 0 Å². The van der Waals surface area contributed by atoms with Crippen molar-refractivity contribution in [2.45, 2.75) is 17.7 Å². The Morgan fingerprint density at radius 3 is 2.17 bits per heavy atom. The summed E-state index contributed by atoms with van der Waals surface area (Å²) in [7, 11) is 0.775. The van der Waals surface area contributed by atoms with Gasteiger partial charge in [-0.3, -0.25) is 14.7 Å². The fourth-order valence-corrected chi connectivity index (χ4v) is 5.86. The lowest BCUT2D eigenvalue weighted by molar-refractivity contribution is -0.116. The quantitative estimate of drug-likeness (QED) is 0.262. The van der Waals surface area contributed by atoms with Gasteiger partial charge in [0.1, 0.15) is 17.2 Å². The Kier molecular flexibility index (Phi) is 8.27. The zero-order valence-corrected chi connectivity index (χ0v) is 23.9. The van der Waals surface area contributed by atoms with Crippen LogP contribution in [0.4, 0.5) is 5.95 Å². The van der Waals surface area contributed by atoms with Crippen molar-refractivity contribution >= 4 is 21.9 Å². The van der Waals surface area contributed by atoms with E-state index < -0.39 is 15.9 Å². The summed E-state index contributed by atoms with van der Waals surface area (Å²) in [5, 5.41) is 2.85. The van der Waals surface area contributed by atoms with E-state index in [0.29, 0.717) is 22.9 Å². The van der Waals surface area contributed by atoms with E-state index in [2.05, 4.69) is 5.32 Å². The van der Waals surface area contributed by atoms with E-state index in [0.717, 1.165) is 24.1 Å². The second-order valence-corrected chi connectivity index (χ2v) is 11.7. The number of amides is 1. The normalized spacial score (nSPS) is 13.2. The number of rotatable bonds is 12. The van der Waals surface area contributed by atoms with Gasteiger partial charge in [0.05, 0.1) is 38.5 Å². The molecule has 1 saturated carbocycles. The van der Waals surface area contributed by atoms with Crippen molar-refractivity contribution in [3.63, 3.8) is 0 Å². The Bertz CT molecular complexity index is 1610. The van der Waals surface area contributed by atoms with Crippen LogP contribution in [0.5, 0.6) is 17.2 Å². The van der Waals surface area contributed by atoms with E-state index >= 15 is 0 Å². The molecule has 1 aliphatic carbocycles. The van der Waals surface area contributed by atoms with Crippen LogP contribution in [0.25, 0.3) is 16.9 Å². The van der Waals surface area contributed by atoms with Gasteiger partial charge in [0.2, 0.25) is 21.9 Å². The van der Waals surface area contributed by atoms with E-state index in [9.17, 15) is 13.2 Å². The van der Waals surface area contributed by atoms with Crippen molar-refractivity contribution in [3.05, 3.63) is 79.0 Å². The molecule has 0 bridgehead atoms. The zero-order valence-electron chi connectivity index (χ0n) is 23.1. The Labute approximate surface area is 239 Å². The number of nitrogens with one attached hydrogen (secondary N) is 1. The van der Waals surface area contributed by atoms with Crippen LogP contribution in [-0.4, -0.2) is 62.6 Å². The number of methoxy groups -OCH3 is 3. The smallest absolute Gasteiger partial charge is 0.243 e. The van der Waals surface area contributed by atoms with Gasteiger partial charge in [-0.1, -0.05) is 12.1 Å². The number of nitrogens with zero attached hydrogens (tertiary/aromatic N) is 3. The average Bonchev–Trinajstić information content (AvgIpc) is 3.73. The zero-order chi connectivity index (χ0) is 29.0. The minimum Gasteiger partial charge on any atom is -0.497 e. The summed E-state index contributed by atoms with van der Waals surface area (Å²) in [6.45, 7) is -0.0847. The molecular weight excluding hydrogens is 544 g/mol. The molecule has 1 aromatic heterocycles. The highest BCUT2D eigenvalue weighted by Crippen LogP contribution is 2.32. The Hall–Kier alpha value is -4.35. The summed E-state index contributed by atoms with van der Waals surface area (Å²) in [5.74, 6) is 1.90. The first kappa shape index (κ1) is 28.2. The first-order valence-corrected chi connectivity index (χ1v) is 14.6. The van der Waals surface area contributed by atoms with Crippen molar-refractivity contribution in [2.75, 3.05) is 39.7 Å². The maximum atomic E-state index is 13.5. The SMILES string of the molecule is COc1ccc(-n2cc(-c3cccc(OC)c3)nc2NC(=O)CN(CC2CC2)S(=O)(=O)c2ccc(OC)cc2)cc1. The van der Waals surface area contributed by atoms with E-state index in [-0.39, 0.29) is 29.9 Å². The summed E-state index contributed by atoms with van der Waals surface area (Å²) in [5.41, 5.74) is 2.14. The third-order valence-corrected chi connectivity index (χ3v) is 8.68. The molecule has 41 heavy (non-hydrogen) atoms. The fourth-order valence-electron chi connectivity index (χ4n) is 4.39. The Morgan fingerprint density at radius 1 is 0.927 bits per heavy atom. The van der Waals surface area contributed by atoms with Crippen molar-refractivity contribution < 1.29 is 27.4 Å². The minimum absolute atomic E-state index is 0.104. The molecular formula is C30H32N4O6S. The lowest BCUT2D eigenvalue weighted by atomic mass is 10.1. The number of aromatic nitrogens is 2. The number of anilines is 1. The lowest BCUT2D eigenvalue weighted by Crippen LogP contribution is -2.39. The van der Waals surface area contributed by atoms with Crippen molar-refractivity contribution in [2.24, 2.45) is 5.92 Å². The van der Waals surface area contributed by atoms with Crippen LogP contribution in [0.15, 0.2) is 83.9 Å². The molecule has 0 spiro atoms. The molecule has 11 heteroatoms. The number of carbonyl (C=O) groups excluding carboxylic acids is 1. The van der Waals surface area contributed by atoms with Gasteiger partial charge >= 0.3 is 0 Å². The monoisotopic (exact) mass is 576 g/mol. The predicted molar refractivity (Wildman–Crippen MR) is 155 cm³/mol. The first-order valence-electron chi connectivity index (χ1n) is 13.1. The molecule has 1 heterocycles. The Morgan fingerprint density at radius 2 is 1.56 bits per heavy atom. The number of sulfonamides is 1. The molecule has 1 N–H and O–H groups in total. The van der Waals surface area contributed by atoms with Crippen LogP contribution in [0.2, 0.25) is 0 Å². The van der Waals surface area contributed by atoms with Gasteiger partial charge in [-0.15, -0.1) is 0 Å². The van der Waals surface area contributed by atoms with Crippen molar-refractivity contribution in [3.8, 4) is 34.2 Å². The maximum absolute atomic E-state index is 13.5. The third-order valence-electron chi connectivity index (χ3n) is 6.85. The molecule has 0 atom stereocenters. The van der Waals surface area contributed by atoms with Gasteiger partial charge in [-0.25, -0.2) is 13.4 Å². The minimum atomic E-state index is -3.92. The van der Waals surface area contributed by atoms with Gasteiger partial charge in [0, 0.05) is 24.0 Å². The van der Waals surface area contributed by atoms with Gasteiger partial charge in [-0.2, -0.15) is 4.31 Å². The highest BCUT2D eigenvalue weighted by Gasteiger charge is 2.33. The molecule has 1 amide bonds. The molecule has 0 radical (unpaired) electrons. The Balaban J connectivity index is 1.44. The van der Waals surface area contributed by atoms with Gasteiger partial charge in [0.25, 0.3) is 0 Å². The largest absolute Gasteiger partial charge is 0.497 e. The second kappa shape index (κ2) is 12.0. The fraction of sp³-hybridized carbons (Fsp3) is 0.267. The van der Waals surface area contributed by atoms with Gasteiger partial charge in [0.15, 0.2) is 0 Å². The number of hydrogen-bond donors (Lipinski definition) is 1. The topological polar surface area (TPSA) is 112 Å². The molecule has 0 unspecified atom stereocenters. The molecule has 10 nitrogen and oxygen atoms in total. The van der Waals surface area contributed by atoms with Crippen LogP contribution in [-0.2, 0) is 14.8 Å². The van der Waals surface area contributed by atoms with E-state index in [1.165, 1.54) is 23.5 Å². The van der Waals surface area contributed by atoms with Crippen LogP contribution in [0.1, 0.15) is 12.8 Å². The summed E-state index contributed by atoms with van der Waals surface area (Å²) in [6.07, 6.45) is 3.67. The molecule has 4 aromatic rings. The highest BCUT2D eigenvalue weighted by atomic mass is 32.2. The number of carbonyl (C=O) groups is 1. The van der Waals surface area contributed by atoms with E-state index in [1.54, 1.807) is 30.9 Å². The highest BCUT2D eigenvalue weighted by molar-refractivity contribution is 7.89. The summed E-state index contributed by atoms with van der Waals surface area (Å²) < 4.78 is 45.9. The summed E-state index contributed by atoms with van der Waals surface area (Å²) >= 11 is 0. The van der Waals surface area contributed by atoms with Crippen LogP contribution < -0.4 is 19.5 Å². The van der Waals surface area contributed by atoms with E-state index in [1.807, 2.05) is 54.7 Å². The van der Waals surface area contributed by atoms with Gasteiger partial charge in [-0.05, 0) is 79.4 Å². The number of hydrogen-bond acceptors (Lipinski definition) is 7. The standard InChI is InChI=1S/C30H32N4O6S/c1-38-24-11-9-23(10-12-24)34-19-28(22-5-4-6-26(17-22)40-3)31-30(34)32-29(35)20-33(18-21-7-8-21)41(36,37)27-15-13-25(39-2)14-16-27/h4-6,9-17,19,21H,7-8,18,20H2,1-3H3,(H,31,32,35). The van der Waals surface area contributed by atoms with Crippen LogP contribution in [0, 0.1) is 5.92 Å². The molecule has 1 fully saturated rings. The molecule has 5 rings (SSSR count). The molecule has 1 aliphatic rings. The molecule has 214 valence electrons. The number of ether oxygens (including phenoxy) is 3. The van der Waals surface area contributed by atoms with Crippen LogP contribution >= 0.6 is 0 Å². The second-order valence-electron chi connectivity index (χ2n) is 9.71. The lowest BCUT2D eigenvalue weighted by Gasteiger charge is -2.22. The van der Waals surface area contributed by atoms with Crippen LogP contribution in [0.3, 0.4) is 0 Å². The molecule has 0 saturated heterocycles. The maximum Gasteiger partial charge on any atom is 0.243 e. The third kappa shape index (κ3) is 6.53. The average molecular weight is 577 g/mol. The summed E-state index contributed by atoms with van der Waals surface area (Å²) in [6, 6.07) is 20.9. The predicted octanol–water partition coefficient (Wildman–Crippen LogP) is 4.60. The molecule has 0 aliphatic heterocycles. The number of imidazole rings is 1. The first-order chi connectivity index (χ1) is 19.8.